The lowest BCUT2D eigenvalue weighted by Gasteiger charge is -2.26. The van der Waals surface area contributed by atoms with E-state index < -0.39 is 5.54 Å². The Kier molecular flexibility index (Phi) is 6.69. The molecule has 0 amide bonds. The fourth-order valence-electron chi connectivity index (χ4n) is 2.33. The van der Waals surface area contributed by atoms with Crippen LogP contribution in [0.3, 0.4) is 0 Å². The van der Waals surface area contributed by atoms with E-state index in [1.807, 2.05) is 0 Å². The fourth-order valence-corrected chi connectivity index (χ4v) is 2.33. The van der Waals surface area contributed by atoms with Gasteiger partial charge in [0.15, 0.2) is 0 Å². The van der Waals surface area contributed by atoms with Gasteiger partial charge in [-0.15, -0.1) is 0 Å². The van der Waals surface area contributed by atoms with Crippen molar-refractivity contribution in [1.82, 2.24) is 0 Å². The Balaban J connectivity index is 2.55. The second kappa shape index (κ2) is 8.03. The number of nitrogens with two attached hydrogens (primary N) is 1. The van der Waals surface area contributed by atoms with E-state index in [0.717, 1.165) is 19.5 Å². The number of hydrogen-bond donors (Lipinski definition) is 1. The van der Waals surface area contributed by atoms with Gasteiger partial charge in [-0.2, -0.15) is 0 Å². The van der Waals surface area contributed by atoms with Crippen molar-refractivity contribution in [1.29, 1.82) is 0 Å². The van der Waals surface area contributed by atoms with Crippen LogP contribution in [-0.4, -0.2) is 31.2 Å². The predicted molar refractivity (Wildman–Crippen MR) is 87.5 cm³/mol. The number of carbonyl (C=O) groups excluding carboxylic acids is 1. The van der Waals surface area contributed by atoms with Gasteiger partial charge in [0.25, 0.3) is 0 Å². The average molecular weight is 292 g/mol. The van der Waals surface area contributed by atoms with Crippen LogP contribution in [-0.2, 0) is 9.53 Å². The molecule has 4 heteroatoms. The van der Waals surface area contributed by atoms with Crippen LogP contribution in [0, 0.1) is 6.92 Å². The van der Waals surface area contributed by atoms with Crippen molar-refractivity contribution < 1.29 is 9.53 Å². The van der Waals surface area contributed by atoms with Gasteiger partial charge in [0, 0.05) is 18.8 Å². The summed E-state index contributed by atoms with van der Waals surface area (Å²) in [6, 6.07) is 8.45. The molecular formula is C17H28N2O2. The SMILES string of the molecule is CCOC(=O)C(C)(N)CCCN(CC)c1cccc(C)c1. The van der Waals surface area contributed by atoms with Crippen LogP contribution < -0.4 is 10.6 Å². The van der Waals surface area contributed by atoms with Gasteiger partial charge >= 0.3 is 5.97 Å². The van der Waals surface area contributed by atoms with Crippen molar-refractivity contribution in [2.75, 3.05) is 24.6 Å². The van der Waals surface area contributed by atoms with Crippen LogP contribution in [0.25, 0.3) is 0 Å². The molecule has 1 aromatic carbocycles. The lowest BCUT2D eigenvalue weighted by molar-refractivity contribution is -0.149. The molecule has 0 aliphatic carbocycles. The van der Waals surface area contributed by atoms with Crippen LogP contribution in [0.5, 0.6) is 0 Å². The molecule has 118 valence electrons. The first-order valence-corrected chi connectivity index (χ1v) is 7.68. The molecule has 0 spiro atoms. The highest BCUT2D eigenvalue weighted by atomic mass is 16.5. The summed E-state index contributed by atoms with van der Waals surface area (Å²) in [4.78, 5) is 14.1. The summed E-state index contributed by atoms with van der Waals surface area (Å²) in [7, 11) is 0. The zero-order chi connectivity index (χ0) is 15.9. The van der Waals surface area contributed by atoms with E-state index in [-0.39, 0.29) is 5.97 Å². The smallest absolute Gasteiger partial charge is 0.325 e. The molecule has 0 bridgehead atoms. The van der Waals surface area contributed by atoms with Crippen LogP contribution >= 0.6 is 0 Å². The lowest BCUT2D eigenvalue weighted by atomic mass is 9.97. The molecule has 0 heterocycles. The van der Waals surface area contributed by atoms with E-state index in [1.54, 1.807) is 13.8 Å². The van der Waals surface area contributed by atoms with Gasteiger partial charge < -0.3 is 15.4 Å². The Hall–Kier alpha value is -1.55. The summed E-state index contributed by atoms with van der Waals surface area (Å²) in [6.45, 7) is 9.95. The second-order valence-electron chi connectivity index (χ2n) is 5.66. The van der Waals surface area contributed by atoms with Crippen LogP contribution in [0.4, 0.5) is 5.69 Å². The maximum atomic E-state index is 11.8. The summed E-state index contributed by atoms with van der Waals surface area (Å²) in [5.41, 5.74) is 7.61. The van der Waals surface area contributed by atoms with Gasteiger partial charge in [0.1, 0.15) is 5.54 Å². The minimum Gasteiger partial charge on any atom is -0.465 e. The van der Waals surface area contributed by atoms with Gasteiger partial charge in [-0.25, -0.2) is 0 Å². The fraction of sp³-hybridized carbons (Fsp3) is 0.588. The molecular weight excluding hydrogens is 264 g/mol. The van der Waals surface area contributed by atoms with Crippen molar-refractivity contribution in [3.63, 3.8) is 0 Å². The molecule has 4 nitrogen and oxygen atoms in total. The molecule has 1 rings (SSSR count). The number of nitrogens with zero attached hydrogens (tertiary/aromatic N) is 1. The number of benzene rings is 1. The quantitative estimate of drug-likeness (QED) is 0.749. The molecule has 0 aromatic heterocycles. The van der Waals surface area contributed by atoms with Gasteiger partial charge in [0.2, 0.25) is 0 Å². The zero-order valence-corrected chi connectivity index (χ0v) is 13.7. The molecule has 1 unspecified atom stereocenters. The maximum absolute atomic E-state index is 11.8. The van der Waals surface area contributed by atoms with E-state index in [1.165, 1.54) is 11.3 Å². The Bertz CT molecular complexity index is 458. The number of carbonyl (C=O) groups is 1. The predicted octanol–water partition coefficient (Wildman–Crippen LogP) is 2.88. The Labute approximate surface area is 128 Å². The molecule has 0 saturated carbocycles. The molecule has 0 fully saturated rings. The van der Waals surface area contributed by atoms with Gasteiger partial charge in [-0.1, -0.05) is 12.1 Å². The van der Waals surface area contributed by atoms with E-state index >= 15 is 0 Å². The summed E-state index contributed by atoms with van der Waals surface area (Å²) in [5, 5.41) is 0. The number of rotatable bonds is 8. The second-order valence-corrected chi connectivity index (χ2v) is 5.66. The summed E-state index contributed by atoms with van der Waals surface area (Å²) < 4.78 is 5.01. The zero-order valence-electron chi connectivity index (χ0n) is 13.7. The first-order valence-electron chi connectivity index (χ1n) is 7.68. The van der Waals surface area contributed by atoms with Gasteiger partial charge in [-0.3, -0.25) is 4.79 Å². The molecule has 0 radical (unpaired) electrons. The first kappa shape index (κ1) is 17.5. The molecule has 0 aliphatic heterocycles. The van der Waals surface area contributed by atoms with E-state index in [4.69, 9.17) is 10.5 Å². The molecule has 21 heavy (non-hydrogen) atoms. The monoisotopic (exact) mass is 292 g/mol. The molecule has 1 atom stereocenters. The Morgan fingerprint density at radius 2 is 2.10 bits per heavy atom. The number of anilines is 1. The highest BCUT2D eigenvalue weighted by Gasteiger charge is 2.29. The first-order chi connectivity index (χ1) is 9.90. The van der Waals surface area contributed by atoms with E-state index in [0.29, 0.717) is 13.0 Å². The third-order valence-electron chi connectivity index (χ3n) is 3.61. The molecule has 1 aromatic rings. The minimum atomic E-state index is -0.901. The number of hydrogen-bond acceptors (Lipinski definition) is 4. The Morgan fingerprint density at radius 3 is 2.67 bits per heavy atom. The van der Waals surface area contributed by atoms with Crippen LogP contribution in [0.15, 0.2) is 24.3 Å². The van der Waals surface area contributed by atoms with E-state index in [2.05, 4.69) is 43.0 Å². The van der Waals surface area contributed by atoms with Gasteiger partial charge in [0.05, 0.1) is 6.61 Å². The third kappa shape index (κ3) is 5.38. The molecule has 0 aliphatic rings. The summed E-state index contributed by atoms with van der Waals surface area (Å²) in [6.07, 6.45) is 1.47. The average Bonchev–Trinajstić information content (AvgIpc) is 2.43. The number of esters is 1. The highest BCUT2D eigenvalue weighted by molar-refractivity contribution is 5.79. The third-order valence-corrected chi connectivity index (χ3v) is 3.61. The van der Waals surface area contributed by atoms with Crippen molar-refractivity contribution in [3.05, 3.63) is 29.8 Å². The van der Waals surface area contributed by atoms with Crippen LogP contribution in [0.1, 0.15) is 39.2 Å². The largest absolute Gasteiger partial charge is 0.465 e. The minimum absolute atomic E-state index is 0.316. The number of ether oxygens (including phenoxy) is 1. The van der Waals surface area contributed by atoms with Crippen molar-refractivity contribution in [3.8, 4) is 0 Å². The summed E-state index contributed by atoms with van der Waals surface area (Å²) >= 11 is 0. The van der Waals surface area contributed by atoms with Gasteiger partial charge in [-0.05, 0) is 58.2 Å². The molecule has 2 N–H and O–H groups in total. The standard InChI is InChI=1S/C17H28N2O2/c1-5-19(15-10-7-9-14(3)13-15)12-8-11-17(4,18)16(20)21-6-2/h7,9-10,13H,5-6,8,11-12,18H2,1-4H3. The Morgan fingerprint density at radius 1 is 1.38 bits per heavy atom. The maximum Gasteiger partial charge on any atom is 0.325 e. The lowest BCUT2D eigenvalue weighted by Crippen LogP contribution is -2.46. The highest BCUT2D eigenvalue weighted by Crippen LogP contribution is 2.18. The van der Waals surface area contributed by atoms with E-state index in [9.17, 15) is 4.79 Å². The van der Waals surface area contributed by atoms with Crippen LogP contribution in [0.2, 0.25) is 0 Å². The topological polar surface area (TPSA) is 55.6 Å². The van der Waals surface area contributed by atoms with Crippen molar-refractivity contribution in [2.45, 2.75) is 46.1 Å². The number of aryl methyl sites for hydroxylation is 1. The molecule has 0 saturated heterocycles. The van der Waals surface area contributed by atoms with Crippen molar-refractivity contribution >= 4 is 11.7 Å². The normalized spacial score (nSPS) is 13.6. The summed E-state index contributed by atoms with van der Waals surface area (Å²) in [5.74, 6) is -0.316. The van der Waals surface area contributed by atoms with Crippen molar-refractivity contribution in [2.24, 2.45) is 5.73 Å².